The zero-order valence-corrected chi connectivity index (χ0v) is 11.9. The SMILES string of the molecule is CCC1C(=O)NCCN1Cc1cccc(C(N)=S)c1. The van der Waals surface area contributed by atoms with Crippen LogP contribution in [0.5, 0.6) is 0 Å². The fourth-order valence-corrected chi connectivity index (χ4v) is 2.58. The second-order valence-electron chi connectivity index (χ2n) is 4.75. The molecule has 1 unspecified atom stereocenters. The van der Waals surface area contributed by atoms with Crippen LogP contribution in [0.2, 0.25) is 0 Å². The van der Waals surface area contributed by atoms with Crippen LogP contribution in [0.25, 0.3) is 0 Å². The Kier molecular flexibility index (Phi) is 4.50. The average molecular weight is 277 g/mol. The summed E-state index contributed by atoms with van der Waals surface area (Å²) in [6, 6.07) is 7.87. The van der Waals surface area contributed by atoms with Gasteiger partial charge in [-0.2, -0.15) is 0 Å². The van der Waals surface area contributed by atoms with Crippen LogP contribution in [0.15, 0.2) is 24.3 Å². The largest absolute Gasteiger partial charge is 0.389 e. The van der Waals surface area contributed by atoms with Gasteiger partial charge in [0.05, 0.1) is 6.04 Å². The Bertz CT molecular complexity index is 489. The maximum absolute atomic E-state index is 11.8. The molecule has 1 aliphatic rings. The quantitative estimate of drug-likeness (QED) is 0.807. The molecule has 1 heterocycles. The van der Waals surface area contributed by atoms with Crippen LogP contribution < -0.4 is 11.1 Å². The lowest BCUT2D eigenvalue weighted by Gasteiger charge is -2.34. The molecule has 3 N–H and O–H groups in total. The smallest absolute Gasteiger partial charge is 0.237 e. The highest BCUT2D eigenvalue weighted by molar-refractivity contribution is 7.80. The number of hydrogen-bond acceptors (Lipinski definition) is 3. The van der Waals surface area contributed by atoms with E-state index in [1.54, 1.807) is 0 Å². The van der Waals surface area contributed by atoms with Crippen LogP contribution >= 0.6 is 12.2 Å². The molecular weight excluding hydrogens is 258 g/mol. The molecule has 2 rings (SSSR count). The van der Waals surface area contributed by atoms with Crippen LogP contribution in [0.3, 0.4) is 0 Å². The molecule has 1 aliphatic heterocycles. The highest BCUT2D eigenvalue weighted by atomic mass is 32.1. The first kappa shape index (κ1) is 14.0. The number of benzene rings is 1. The molecule has 0 bridgehead atoms. The summed E-state index contributed by atoms with van der Waals surface area (Å²) in [5.41, 5.74) is 7.66. The second-order valence-corrected chi connectivity index (χ2v) is 5.19. The summed E-state index contributed by atoms with van der Waals surface area (Å²) in [4.78, 5) is 14.4. The van der Waals surface area contributed by atoms with Crippen molar-refractivity contribution in [3.63, 3.8) is 0 Å². The fourth-order valence-electron chi connectivity index (χ4n) is 2.45. The van der Waals surface area contributed by atoms with Gasteiger partial charge < -0.3 is 11.1 Å². The molecule has 0 aliphatic carbocycles. The zero-order valence-electron chi connectivity index (χ0n) is 11.1. The predicted octanol–water partition coefficient (Wildman–Crippen LogP) is 1.03. The van der Waals surface area contributed by atoms with Gasteiger partial charge in [-0.1, -0.05) is 37.3 Å². The van der Waals surface area contributed by atoms with Crippen molar-refractivity contribution in [2.75, 3.05) is 13.1 Å². The standard InChI is InChI=1S/C14H19N3OS/c1-2-12-14(18)16-6-7-17(12)9-10-4-3-5-11(8-10)13(15)19/h3-5,8,12H,2,6-7,9H2,1H3,(H2,15,19)(H,16,18). The van der Waals surface area contributed by atoms with E-state index in [1.807, 2.05) is 31.2 Å². The lowest BCUT2D eigenvalue weighted by atomic mass is 10.1. The van der Waals surface area contributed by atoms with Gasteiger partial charge in [0.1, 0.15) is 4.99 Å². The average Bonchev–Trinajstić information content (AvgIpc) is 2.39. The summed E-state index contributed by atoms with van der Waals surface area (Å²) in [6.07, 6.45) is 0.820. The zero-order chi connectivity index (χ0) is 13.8. The number of thiocarbonyl (C=S) groups is 1. The van der Waals surface area contributed by atoms with Crippen LogP contribution in [-0.4, -0.2) is 34.9 Å². The number of hydrogen-bond donors (Lipinski definition) is 2. The van der Waals surface area contributed by atoms with E-state index < -0.39 is 0 Å². The van der Waals surface area contributed by atoms with Gasteiger partial charge in [-0.3, -0.25) is 9.69 Å². The van der Waals surface area contributed by atoms with Crippen molar-refractivity contribution < 1.29 is 4.79 Å². The van der Waals surface area contributed by atoms with E-state index in [2.05, 4.69) is 10.2 Å². The van der Waals surface area contributed by atoms with Crippen LogP contribution in [0, 0.1) is 0 Å². The van der Waals surface area contributed by atoms with Crippen molar-refractivity contribution in [3.05, 3.63) is 35.4 Å². The first-order chi connectivity index (χ1) is 9.11. The minimum Gasteiger partial charge on any atom is -0.389 e. The Morgan fingerprint density at radius 1 is 1.58 bits per heavy atom. The van der Waals surface area contributed by atoms with E-state index in [0.717, 1.165) is 30.6 Å². The topological polar surface area (TPSA) is 58.4 Å². The molecule has 19 heavy (non-hydrogen) atoms. The Morgan fingerprint density at radius 3 is 3.05 bits per heavy atom. The molecule has 1 aromatic carbocycles. The number of nitrogens with two attached hydrogens (primary N) is 1. The van der Waals surface area contributed by atoms with E-state index in [-0.39, 0.29) is 11.9 Å². The van der Waals surface area contributed by atoms with Crippen molar-refractivity contribution in [1.82, 2.24) is 10.2 Å². The number of carbonyl (C=O) groups excluding carboxylic acids is 1. The summed E-state index contributed by atoms with van der Waals surface area (Å²) in [5.74, 6) is 0.124. The Hall–Kier alpha value is -1.46. The number of carbonyl (C=O) groups is 1. The number of rotatable bonds is 4. The van der Waals surface area contributed by atoms with Gasteiger partial charge in [0, 0.05) is 25.2 Å². The van der Waals surface area contributed by atoms with E-state index in [1.165, 1.54) is 0 Å². The Labute approximate surface area is 119 Å². The molecule has 0 aromatic heterocycles. The third kappa shape index (κ3) is 3.30. The first-order valence-electron chi connectivity index (χ1n) is 6.52. The van der Waals surface area contributed by atoms with E-state index in [9.17, 15) is 4.79 Å². The highest BCUT2D eigenvalue weighted by Gasteiger charge is 2.27. The van der Waals surface area contributed by atoms with Crippen molar-refractivity contribution in [2.45, 2.75) is 25.9 Å². The monoisotopic (exact) mass is 277 g/mol. The van der Waals surface area contributed by atoms with Gasteiger partial charge in [-0.05, 0) is 18.1 Å². The summed E-state index contributed by atoms with van der Waals surface area (Å²) < 4.78 is 0. The van der Waals surface area contributed by atoms with Gasteiger partial charge >= 0.3 is 0 Å². The van der Waals surface area contributed by atoms with Gasteiger partial charge in [0.15, 0.2) is 0 Å². The molecule has 0 spiro atoms. The molecule has 0 radical (unpaired) electrons. The molecule has 1 fully saturated rings. The maximum atomic E-state index is 11.8. The molecule has 1 amide bonds. The summed E-state index contributed by atoms with van der Waals surface area (Å²) in [5, 5.41) is 2.91. The minimum absolute atomic E-state index is 0.0396. The molecule has 0 saturated carbocycles. The molecule has 1 atom stereocenters. The number of nitrogens with one attached hydrogen (secondary N) is 1. The lowest BCUT2D eigenvalue weighted by molar-refractivity contribution is -0.129. The normalized spacial score (nSPS) is 20.1. The van der Waals surface area contributed by atoms with Gasteiger partial charge in [-0.15, -0.1) is 0 Å². The van der Waals surface area contributed by atoms with Crippen molar-refractivity contribution >= 4 is 23.1 Å². The number of amides is 1. The van der Waals surface area contributed by atoms with Crippen LogP contribution in [0.1, 0.15) is 24.5 Å². The maximum Gasteiger partial charge on any atom is 0.237 e. The van der Waals surface area contributed by atoms with E-state index in [0.29, 0.717) is 11.5 Å². The Morgan fingerprint density at radius 2 is 2.37 bits per heavy atom. The van der Waals surface area contributed by atoms with Crippen molar-refractivity contribution in [1.29, 1.82) is 0 Å². The van der Waals surface area contributed by atoms with E-state index in [4.69, 9.17) is 18.0 Å². The molecular formula is C14H19N3OS. The van der Waals surface area contributed by atoms with Crippen LogP contribution in [0.4, 0.5) is 0 Å². The van der Waals surface area contributed by atoms with Gasteiger partial charge in [-0.25, -0.2) is 0 Å². The summed E-state index contributed by atoms with van der Waals surface area (Å²) >= 11 is 4.99. The number of piperazine rings is 1. The Balaban J connectivity index is 2.13. The molecule has 102 valence electrons. The van der Waals surface area contributed by atoms with Crippen molar-refractivity contribution in [3.8, 4) is 0 Å². The predicted molar refractivity (Wildman–Crippen MR) is 79.8 cm³/mol. The lowest BCUT2D eigenvalue weighted by Crippen LogP contribution is -2.54. The molecule has 1 saturated heterocycles. The van der Waals surface area contributed by atoms with Gasteiger partial charge in [0.25, 0.3) is 0 Å². The summed E-state index contributed by atoms with van der Waals surface area (Å²) in [7, 11) is 0. The summed E-state index contributed by atoms with van der Waals surface area (Å²) in [6.45, 7) is 4.38. The van der Waals surface area contributed by atoms with Crippen LogP contribution in [-0.2, 0) is 11.3 Å². The third-order valence-corrected chi connectivity index (χ3v) is 3.66. The molecule has 4 nitrogen and oxygen atoms in total. The number of nitrogens with zero attached hydrogens (tertiary/aromatic N) is 1. The van der Waals surface area contributed by atoms with E-state index >= 15 is 0 Å². The first-order valence-corrected chi connectivity index (χ1v) is 6.93. The third-order valence-electron chi connectivity index (χ3n) is 3.43. The molecule has 5 heteroatoms. The van der Waals surface area contributed by atoms with Gasteiger partial charge in [0.2, 0.25) is 5.91 Å². The highest BCUT2D eigenvalue weighted by Crippen LogP contribution is 2.14. The molecule has 1 aromatic rings. The second kappa shape index (κ2) is 6.12. The van der Waals surface area contributed by atoms with Crippen molar-refractivity contribution in [2.24, 2.45) is 5.73 Å². The minimum atomic E-state index is -0.0396. The fraction of sp³-hybridized carbons (Fsp3) is 0.429.